The number of benzene rings is 3. The van der Waals surface area contributed by atoms with E-state index in [0.717, 1.165) is 39.0 Å². The minimum Gasteiger partial charge on any atom is -0.497 e. The van der Waals surface area contributed by atoms with Crippen LogP contribution in [0.1, 0.15) is 27.0 Å². The van der Waals surface area contributed by atoms with E-state index in [2.05, 4.69) is 15.6 Å². The Balaban J connectivity index is 1.54. The monoisotopic (exact) mass is 475 g/mol. The van der Waals surface area contributed by atoms with Crippen LogP contribution in [-0.4, -0.2) is 30.2 Å². The van der Waals surface area contributed by atoms with Crippen LogP contribution in [0.3, 0.4) is 0 Å². The average molecular weight is 476 g/mol. The standard InChI is InChI=1S/C26H25N3O4S/c1-14-6-7-17(25-27-22-8-15(2)16(3)9-23(22)33-25)12-21(14)28-26(34)29-24(30)18-10-19(31-4)13-20(11-18)32-5/h6-13H,1-5H3,(H2,28,29,30,34). The number of anilines is 1. The topological polar surface area (TPSA) is 85.6 Å². The van der Waals surface area contributed by atoms with Crippen molar-refractivity contribution >= 4 is 40.0 Å². The second-order valence-electron chi connectivity index (χ2n) is 7.96. The fourth-order valence-corrected chi connectivity index (χ4v) is 3.66. The highest BCUT2D eigenvalue weighted by Crippen LogP contribution is 2.29. The van der Waals surface area contributed by atoms with Gasteiger partial charge >= 0.3 is 0 Å². The van der Waals surface area contributed by atoms with Gasteiger partial charge < -0.3 is 19.2 Å². The number of nitrogens with zero attached hydrogens (tertiary/aromatic N) is 1. The molecule has 34 heavy (non-hydrogen) atoms. The van der Waals surface area contributed by atoms with Gasteiger partial charge in [0.15, 0.2) is 10.7 Å². The van der Waals surface area contributed by atoms with Gasteiger partial charge in [0.05, 0.1) is 14.2 Å². The lowest BCUT2D eigenvalue weighted by Gasteiger charge is -2.13. The second kappa shape index (κ2) is 9.52. The van der Waals surface area contributed by atoms with Gasteiger partial charge in [-0.05, 0) is 86.1 Å². The molecule has 0 bridgehead atoms. The molecule has 4 rings (SSSR count). The summed E-state index contributed by atoms with van der Waals surface area (Å²) >= 11 is 5.39. The van der Waals surface area contributed by atoms with Crippen LogP contribution in [0.25, 0.3) is 22.6 Å². The van der Waals surface area contributed by atoms with Crippen molar-refractivity contribution in [3.8, 4) is 23.0 Å². The van der Waals surface area contributed by atoms with Gasteiger partial charge in [0.1, 0.15) is 17.0 Å². The van der Waals surface area contributed by atoms with Gasteiger partial charge in [-0.25, -0.2) is 4.98 Å². The predicted molar refractivity (Wildman–Crippen MR) is 137 cm³/mol. The molecule has 0 spiro atoms. The maximum absolute atomic E-state index is 12.7. The van der Waals surface area contributed by atoms with E-state index in [4.69, 9.17) is 26.1 Å². The van der Waals surface area contributed by atoms with Crippen molar-refractivity contribution in [2.45, 2.75) is 20.8 Å². The van der Waals surface area contributed by atoms with E-state index in [-0.39, 0.29) is 11.0 Å². The first-order valence-electron chi connectivity index (χ1n) is 10.6. The molecule has 0 fully saturated rings. The Morgan fingerprint density at radius 3 is 2.26 bits per heavy atom. The van der Waals surface area contributed by atoms with Crippen LogP contribution in [0.5, 0.6) is 11.5 Å². The summed E-state index contributed by atoms with van der Waals surface area (Å²) in [5, 5.41) is 5.96. The fourth-order valence-electron chi connectivity index (χ4n) is 3.46. The van der Waals surface area contributed by atoms with Crippen molar-refractivity contribution in [3.05, 3.63) is 70.8 Å². The van der Waals surface area contributed by atoms with Gasteiger partial charge in [-0.3, -0.25) is 10.1 Å². The molecule has 1 amide bonds. The summed E-state index contributed by atoms with van der Waals surface area (Å²) < 4.78 is 16.5. The largest absolute Gasteiger partial charge is 0.497 e. The number of amides is 1. The molecule has 0 atom stereocenters. The summed E-state index contributed by atoms with van der Waals surface area (Å²) in [6, 6.07) is 14.7. The normalized spacial score (nSPS) is 10.7. The number of carbonyl (C=O) groups excluding carboxylic acids is 1. The number of rotatable bonds is 5. The average Bonchev–Trinajstić information content (AvgIpc) is 3.22. The molecule has 4 aromatic rings. The molecule has 0 aliphatic heterocycles. The van der Waals surface area contributed by atoms with Gasteiger partial charge in [0.25, 0.3) is 5.91 Å². The third-order valence-corrected chi connectivity index (χ3v) is 5.78. The highest BCUT2D eigenvalue weighted by Gasteiger charge is 2.14. The Bertz CT molecular complexity index is 1350. The van der Waals surface area contributed by atoms with Crippen LogP contribution in [0.15, 0.2) is 52.9 Å². The van der Waals surface area contributed by atoms with Gasteiger partial charge in [0, 0.05) is 22.9 Å². The van der Waals surface area contributed by atoms with Crippen molar-refractivity contribution in [1.82, 2.24) is 10.3 Å². The lowest BCUT2D eigenvalue weighted by atomic mass is 10.1. The highest BCUT2D eigenvalue weighted by atomic mass is 32.1. The van der Waals surface area contributed by atoms with Crippen LogP contribution >= 0.6 is 12.2 Å². The molecule has 1 aromatic heterocycles. The smallest absolute Gasteiger partial charge is 0.257 e. The third-order valence-electron chi connectivity index (χ3n) is 5.58. The second-order valence-corrected chi connectivity index (χ2v) is 8.37. The summed E-state index contributed by atoms with van der Waals surface area (Å²) in [7, 11) is 3.05. The number of fused-ring (bicyclic) bond motifs is 1. The van der Waals surface area contributed by atoms with Crippen LogP contribution in [-0.2, 0) is 0 Å². The fraction of sp³-hybridized carbons (Fsp3) is 0.192. The Hall–Kier alpha value is -3.91. The van der Waals surface area contributed by atoms with E-state index in [1.807, 2.05) is 51.1 Å². The molecular weight excluding hydrogens is 450 g/mol. The first kappa shape index (κ1) is 23.3. The van der Waals surface area contributed by atoms with Crippen LogP contribution in [0.4, 0.5) is 5.69 Å². The maximum atomic E-state index is 12.7. The number of nitrogens with one attached hydrogen (secondary N) is 2. The molecule has 0 saturated heterocycles. The Labute approximate surface area is 203 Å². The zero-order valence-corrected chi connectivity index (χ0v) is 20.4. The summed E-state index contributed by atoms with van der Waals surface area (Å²) in [6.07, 6.45) is 0. The van der Waals surface area contributed by atoms with E-state index >= 15 is 0 Å². The van der Waals surface area contributed by atoms with Crippen LogP contribution in [0.2, 0.25) is 0 Å². The summed E-state index contributed by atoms with van der Waals surface area (Å²) in [6.45, 7) is 6.04. The van der Waals surface area contributed by atoms with Crippen molar-refractivity contribution in [2.24, 2.45) is 0 Å². The number of hydrogen-bond donors (Lipinski definition) is 2. The first-order valence-corrected chi connectivity index (χ1v) is 11.0. The van der Waals surface area contributed by atoms with E-state index in [1.54, 1.807) is 18.2 Å². The third kappa shape index (κ3) is 4.87. The number of thiocarbonyl (C=S) groups is 1. The molecule has 7 nitrogen and oxygen atoms in total. The molecule has 0 saturated carbocycles. The Morgan fingerprint density at radius 1 is 0.912 bits per heavy atom. The summed E-state index contributed by atoms with van der Waals surface area (Å²) in [4.78, 5) is 17.4. The number of carbonyl (C=O) groups is 1. The van der Waals surface area contributed by atoms with Crippen LogP contribution < -0.4 is 20.1 Å². The van der Waals surface area contributed by atoms with Gasteiger partial charge in [-0.1, -0.05) is 6.07 Å². The number of methoxy groups -OCH3 is 2. The summed E-state index contributed by atoms with van der Waals surface area (Å²) in [5.74, 6) is 1.15. The number of aryl methyl sites for hydroxylation is 3. The van der Waals surface area contributed by atoms with Crippen LogP contribution in [0, 0.1) is 20.8 Å². The molecule has 2 N–H and O–H groups in total. The van der Waals surface area contributed by atoms with E-state index in [0.29, 0.717) is 23.0 Å². The Morgan fingerprint density at radius 2 is 1.59 bits per heavy atom. The molecular formula is C26H25N3O4S. The molecule has 3 aromatic carbocycles. The zero-order chi connectivity index (χ0) is 24.4. The lowest BCUT2D eigenvalue weighted by molar-refractivity contribution is 0.0977. The minimum absolute atomic E-state index is 0.163. The van der Waals surface area contributed by atoms with Crippen molar-refractivity contribution in [1.29, 1.82) is 0 Å². The predicted octanol–water partition coefficient (Wildman–Crippen LogP) is 5.56. The van der Waals surface area contributed by atoms with Gasteiger partial charge in [-0.2, -0.15) is 0 Å². The van der Waals surface area contributed by atoms with E-state index < -0.39 is 0 Å². The number of ether oxygens (including phenoxy) is 2. The number of oxazole rings is 1. The van der Waals surface area contributed by atoms with Gasteiger partial charge in [-0.15, -0.1) is 0 Å². The molecule has 1 heterocycles. The first-order chi connectivity index (χ1) is 16.3. The van der Waals surface area contributed by atoms with Crippen molar-refractivity contribution in [2.75, 3.05) is 19.5 Å². The molecule has 8 heteroatoms. The minimum atomic E-state index is -0.381. The molecule has 0 aliphatic rings. The number of hydrogen-bond acceptors (Lipinski definition) is 6. The molecule has 0 unspecified atom stereocenters. The lowest BCUT2D eigenvalue weighted by Crippen LogP contribution is -2.34. The molecule has 0 radical (unpaired) electrons. The Kier molecular flexibility index (Phi) is 6.51. The van der Waals surface area contributed by atoms with E-state index in [9.17, 15) is 4.79 Å². The molecule has 174 valence electrons. The van der Waals surface area contributed by atoms with Crippen molar-refractivity contribution in [3.63, 3.8) is 0 Å². The SMILES string of the molecule is COc1cc(OC)cc(C(=O)NC(=S)Nc2cc(-c3nc4cc(C)c(C)cc4o3)ccc2C)c1. The molecule has 0 aliphatic carbocycles. The van der Waals surface area contributed by atoms with E-state index in [1.165, 1.54) is 14.2 Å². The summed E-state index contributed by atoms with van der Waals surface area (Å²) in [5.41, 5.74) is 6.71. The highest BCUT2D eigenvalue weighted by molar-refractivity contribution is 7.80. The van der Waals surface area contributed by atoms with Crippen molar-refractivity contribution < 1.29 is 18.7 Å². The number of aromatic nitrogens is 1. The quantitative estimate of drug-likeness (QED) is 0.365. The maximum Gasteiger partial charge on any atom is 0.257 e. The van der Waals surface area contributed by atoms with Gasteiger partial charge in [0.2, 0.25) is 5.89 Å². The zero-order valence-electron chi connectivity index (χ0n) is 19.6.